The van der Waals surface area contributed by atoms with Gasteiger partial charge in [0.05, 0.1) is 6.10 Å². The van der Waals surface area contributed by atoms with Crippen molar-refractivity contribution in [2.45, 2.75) is 25.4 Å². The van der Waals surface area contributed by atoms with Crippen LogP contribution in [0.1, 0.15) is 24.8 Å². The fraction of sp³-hybridized carbons (Fsp3) is 0.588. The molecule has 120 valence electrons. The number of halogens is 1. The Hall–Kier alpha value is -1.46. The number of piperazine rings is 1. The monoisotopic (exact) mass is 306 g/mol. The molecule has 1 aromatic carbocycles. The van der Waals surface area contributed by atoms with E-state index in [-0.39, 0.29) is 29.7 Å². The maximum atomic E-state index is 13.8. The van der Waals surface area contributed by atoms with E-state index in [0.29, 0.717) is 25.2 Å². The van der Waals surface area contributed by atoms with E-state index in [1.165, 1.54) is 6.07 Å². The lowest BCUT2D eigenvalue weighted by atomic mass is 10.1. The first kappa shape index (κ1) is 15.4. The van der Waals surface area contributed by atoms with Crippen LogP contribution in [-0.4, -0.2) is 59.6 Å². The Morgan fingerprint density at radius 3 is 2.64 bits per heavy atom. The van der Waals surface area contributed by atoms with Crippen LogP contribution in [0, 0.1) is 11.7 Å². The third kappa shape index (κ3) is 3.31. The Kier molecular flexibility index (Phi) is 4.45. The molecule has 1 heterocycles. The van der Waals surface area contributed by atoms with Crippen LogP contribution in [0.2, 0.25) is 0 Å². The molecule has 3 atom stereocenters. The predicted molar refractivity (Wildman–Crippen MR) is 81.9 cm³/mol. The van der Waals surface area contributed by atoms with E-state index in [9.17, 15) is 14.3 Å². The zero-order chi connectivity index (χ0) is 15.7. The molecule has 1 aliphatic heterocycles. The van der Waals surface area contributed by atoms with Crippen molar-refractivity contribution in [3.8, 4) is 0 Å². The van der Waals surface area contributed by atoms with Crippen molar-refractivity contribution < 1.29 is 14.3 Å². The Labute approximate surface area is 130 Å². The summed E-state index contributed by atoms with van der Waals surface area (Å²) in [5.74, 6) is -0.0566. The van der Waals surface area contributed by atoms with Crippen LogP contribution in [0.25, 0.3) is 0 Å². The fourth-order valence-corrected chi connectivity index (χ4v) is 3.35. The maximum absolute atomic E-state index is 13.8. The molecule has 0 bridgehead atoms. The highest BCUT2D eigenvalue weighted by molar-refractivity contribution is 5.83. The number of β-amino-alcohol motifs (C(OH)–C–C–N with tert-alkyl or cyclic N) is 1. The van der Waals surface area contributed by atoms with Gasteiger partial charge in [-0.25, -0.2) is 4.39 Å². The minimum Gasteiger partial charge on any atom is -0.392 e. The van der Waals surface area contributed by atoms with Gasteiger partial charge in [-0.05, 0) is 30.9 Å². The van der Waals surface area contributed by atoms with Gasteiger partial charge in [0.25, 0.3) is 0 Å². The smallest absolute Gasteiger partial charge is 0.226 e. The summed E-state index contributed by atoms with van der Waals surface area (Å²) in [7, 11) is 0. The summed E-state index contributed by atoms with van der Waals surface area (Å²) in [5.41, 5.74) is 0.675. The molecule has 2 fully saturated rings. The molecule has 22 heavy (non-hydrogen) atoms. The molecule has 0 unspecified atom stereocenters. The lowest BCUT2D eigenvalue weighted by Crippen LogP contribution is -2.50. The molecule has 1 aromatic rings. The predicted octanol–water partition coefficient (Wildman–Crippen LogP) is 1.45. The number of carbonyl (C=O) groups excluding carboxylic acids is 1. The molecular formula is C17H23FN2O2. The Morgan fingerprint density at radius 2 is 2.00 bits per heavy atom. The molecule has 1 aliphatic carbocycles. The molecule has 3 rings (SSSR count). The number of hydrogen-bond acceptors (Lipinski definition) is 3. The third-order valence-electron chi connectivity index (χ3n) is 4.62. The molecule has 2 aliphatic rings. The van der Waals surface area contributed by atoms with Crippen molar-refractivity contribution in [1.29, 1.82) is 0 Å². The first-order chi connectivity index (χ1) is 10.6. The van der Waals surface area contributed by atoms with Gasteiger partial charge in [-0.15, -0.1) is 0 Å². The molecular weight excluding hydrogens is 283 g/mol. The summed E-state index contributed by atoms with van der Waals surface area (Å²) in [5, 5.41) is 9.41. The van der Waals surface area contributed by atoms with Gasteiger partial charge >= 0.3 is 0 Å². The molecule has 1 saturated carbocycles. The van der Waals surface area contributed by atoms with Crippen LogP contribution >= 0.6 is 0 Å². The van der Waals surface area contributed by atoms with Crippen molar-refractivity contribution in [1.82, 2.24) is 9.80 Å². The zero-order valence-electron chi connectivity index (χ0n) is 12.9. The Balaban J connectivity index is 1.53. The van der Waals surface area contributed by atoms with Crippen molar-refractivity contribution in [3.63, 3.8) is 0 Å². The standard InChI is InChI=1S/C17H23FN2O2/c1-12(21)11-19-6-8-20(9-7-19)17(22)15-10-14(15)13-4-2-3-5-16(13)18/h2-5,12,14-15,21H,6-11H2,1H3/t12-,14-,15-/m0/s1. The summed E-state index contributed by atoms with van der Waals surface area (Å²) >= 11 is 0. The van der Waals surface area contributed by atoms with Crippen LogP contribution < -0.4 is 0 Å². The normalized spacial score (nSPS) is 26.8. The summed E-state index contributed by atoms with van der Waals surface area (Å²) in [6.45, 7) is 5.43. The Bertz CT molecular complexity index is 541. The molecule has 1 amide bonds. The molecule has 0 spiro atoms. The number of aliphatic hydroxyl groups excluding tert-OH is 1. The number of rotatable bonds is 4. The molecule has 1 N–H and O–H groups in total. The fourth-order valence-electron chi connectivity index (χ4n) is 3.35. The summed E-state index contributed by atoms with van der Waals surface area (Å²) < 4.78 is 13.8. The first-order valence-corrected chi connectivity index (χ1v) is 8.00. The van der Waals surface area contributed by atoms with Crippen molar-refractivity contribution in [2.75, 3.05) is 32.7 Å². The molecule has 0 radical (unpaired) electrons. The summed E-state index contributed by atoms with van der Waals surface area (Å²) in [4.78, 5) is 16.6. The van der Waals surface area contributed by atoms with Crippen LogP contribution in [-0.2, 0) is 4.79 Å². The first-order valence-electron chi connectivity index (χ1n) is 8.00. The second kappa shape index (κ2) is 6.34. The zero-order valence-corrected chi connectivity index (χ0v) is 12.9. The number of hydrogen-bond donors (Lipinski definition) is 1. The van der Waals surface area contributed by atoms with Gasteiger partial charge in [-0.1, -0.05) is 18.2 Å². The topological polar surface area (TPSA) is 43.8 Å². The SMILES string of the molecule is C[C@H](O)CN1CCN(C(=O)[C@H]2C[C@H]2c2ccccc2F)CC1. The highest BCUT2D eigenvalue weighted by Gasteiger charge is 2.47. The number of benzene rings is 1. The summed E-state index contributed by atoms with van der Waals surface area (Å²) in [6.07, 6.45) is 0.421. The van der Waals surface area contributed by atoms with E-state index >= 15 is 0 Å². The van der Waals surface area contributed by atoms with Gasteiger partial charge in [-0.2, -0.15) is 0 Å². The maximum Gasteiger partial charge on any atom is 0.226 e. The summed E-state index contributed by atoms with van der Waals surface area (Å²) in [6, 6.07) is 6.75. The van der Waals surface area contributed by atoms with Crippen molar-refractivity contribution in [2.24, 2.45) is 5.92 Å². The van der Waals surface area contributed by atoms with Gasteiger partial charge in [0.1, 0.15) is 5.82 Å². The number of carbonyl (C=O) groups is 1. The van der Waals surface area contributed by atoms with E-state index in [4.69, 9.17) is 0 Å². The molecule has 0 aromatic heterocycles. The lowest BCUT2D eigenvalue weighted by molar-refractivity contribution is -0.134. The minimum atomic E-state index is -0.337. The van der Waals surface area contributed by atoms with Gasteiger partial charge in [0, 0.05) is 38.6 Å². The number of aliphatic hydroxyl groups is 1. The van der Waals surface area contributed by atoms with Gasteiger partial charge in [-0.3, -0.25) is 9.69 Å². The van der Waals surface area contributed by atoms with E-state index in [1.54, 1.807) is 19.1 Å². The third-order valence-corrected chi connectivity index (χ3v) is 4.62. The highest BCUT2D eigenvalue weighted by atomic mass is 19.1. The van der Waals surface area contributed by atoms with Crippen LogP contribution in [0.15, 0.2) is 24.3 Å². The van der Waals surface area contributed by atoms with E-state index in [0.717, 1.165) is 19.5 Å². The van der Waals surface area contributed by atoms with E-state index in [1.807, 2.05) is 11.0 Å². The second-order valence-corrected chi connectivity index (χ2v) is 6.45. The van der Waals surface area contributed by atoms with E-state index < -0.39 is 0 Å². The average molecular weight is 306 g/mol. The van der Waals surface area contributed by atoms with Crippen molar-refractivity contribution >= 4 is 5.91 Å². The van der Waals surface area contributed by atoms with Crippen LogP contribution in [0.5, 0.6) is 0 Å². The van der Waals surface area contributed by atoms with E-state index in [2.05, 4.69) is 4.90 Å². The largest absolute Gasteiger partial charge is 0.392 e. The average Bonchev–Trinajstić information content (AvgIpc) is 3.27. The van der Waals surface area contributed by atoms with Gasteiger partial charge < -0.3 is 10.0 Å². The molecule has 4 nitrogen and oxygen atoms in total. The quantitative estimate of drug-likeness (QED) is 0.916. The lowest BCUT2D eigenvalue weighted by Gasteiger charge is -2.35. The highest BCUT2D eigenvalue weighted by Crippen LogP contribution is 2.49. The Morgan fingerprint density at radius 1 is 1.32 bits per heavy atom. The number of amides is 1. The van der Waals surface area contributed by atoms with Gasteiger partial charge in [0.15, 0.2) is 0 Å². The molecule has 5 heteroatoms. The van der Waals surface area contributed by atoms with Gasteiger partial charge in [0.2, 0.25) is 5.91 Å². The minimum absolute atomic E-state index is 0.0455. The number of nitrogens with zero attached hydrogens (tertiary/aromatic N) is 2. The van der Waals surface area contributed by atoms with Crippen molar-refractivity contribution in [3.05, 3.63) is 35.6 Å². The van der Waals surface area contributed by atoms with Crippen LogP contribution in [0.4, 0.5) is 4.39 Å². The molecule has 1 saturated heterocycles. The van der Waals surface area contributed by atoms with Crippen LogP contribution in [0.3, 0.4) is 0 Å². The second-order valence-electron chi connectivity index (χ2n) is 6.45.